The molecule has 1 heterocycles. The number of hydrogen-bond acceptors (Lipinski definition) is 4. The number of nitrogens with one attached hydrogen (secondary N) is 1. The lowest BCUT2D eigenvalue weighted by Crippen LogP contribution is -2.46. The number of nitrogens with zero attached hydrogens (tertiary/aromatic N) is 2. The molecule has 18 heavy (non-hydrogen) atoms. The molecule has 1 aromatic carbocycles. The lowest BCUT2D eigenvalue weighted by molar-refractivity contribution is 0.0202. The summed E-state index contributed by atoms with van der Waals surface area (Å²) in [5, 5.41) is 0. The molecule has 1 aliphatic rings. The Bertz CT molecular complexity index is 323. The largest absolute Gasteiger partial charge is 0.304 e. The van der Waals surface area contributed by atoms with Crippen molar-refractivity contribution in [1.82, 2.24) is 15.3 Å². The van der Waals surface area contributed by atoms with Crippen molar-refractivity contribution in [3.05, 3.63) is 35.9 Å². The van der Waals surface area contributed by atoms with Gasteiger partial charge in [0.15, 0.2) is 0 Å². The topological polar surface area (TPSA) is 27.7 Å². The van der Waals surface area contributed by atoms with Crippen LogP contribution in [0.5, 0.6) is 0 Å². The second-order valence-corrected chi connectivity index (χ2v) is 4.81. The molecule has 0 saturated carbocycles. The summed E-state index contributed by atoms with van der Waals surface area (Å²) in [6.45, 7) is 7.24. The van der Waals surface area contributed by atoms with Crippen molar-refractivity contribution in [1.29, 1.82) is 0 Å². The van der Waals surface area contributed by atoms with Gasteiger partial charge in [0.25, 0.3) is 0 Å². The lowest BCUT2D eigenvalue weighted by Gasteiger charge is -2.32. The van der Waals surface area contributed by atoms with E-state index in [0.29, 0.717) is 6.61 Å². The number of hydroxylamine groups is 1. The van der Waals surface area contributed by atoms with Crippen LogP contribution in [0, 0.1) is 0 Å². The van der Waals surface area contributed by atoms with Crippen molar-refractivity contribution in [2.45, 2.75) is 6.61 Å². The van der Waals surface area contributed by atoms with Gasteiger partial charge in [-0.3, -0.25) is 9.74 Å². The molecule has 0 radical (unpaired) electrons. The molecule has 2 rings (SSSR count). The third-order valence-corrected chi connectivity index (χ3v) is 3.31. The van der Waals surface area contributed by atoms with Gasteiger partial charge >= 0.3 is 0 Å². The van der Waals surface area contributed by atoms with Gasteiger partial charge in [-0.15, -0.1) is 0 Å². The van der Waals surface area contributed by atoms with E-state index in [1.807, 2.05) is 18.2 Å². The molecular formula is C14H23N3O. The van der Waals surface area contributed by atoms with E-state index in [4.69, 9.17) is 4.84 Å². The molecule has 4 nitrogen and oxygen atoms in total. The van der Waals surface area contributed by atoms with Crippen LogP contribution < -0.4 is 5.48 Å². The molecular weight excluding hydrogens is 226 g/mol. The Morgan fingerprint density at radius 1 is 1.11 bits per heavy atom. The fraction of sp³-hybridized carbons (Fsp3) is 0.571. The van der Waals surface area contributed by atoms with Crippen LogP contribution >= 0.6 is 0 Å². The first kappa shape index (κ1) is 13.5. The minimum absolute atomic E-state index is 0.629. The first-order valence-electron chi connectivity index (χ1n) is 6.64. The first-order chi connectivity index (χ1) is 8.84. The summed E-state index contributed by atoms with van der Waals surface area (Å²) in [4.78, 5) is 10.3. The zero-order valence-electron chi connectivity index (χ0n) is 11.1. The zero-order valence-corrected chi connectivity index (χ0v) is 11.1. The summed E-state index contributed by atoms with van der Waals surface area (Å²) in [7, 11) is 2.18. The predicted octanol–water partition coefficient (Wildman–Crippen LogP) is 0.955. The van der Waals surface area contributed by atoms with Crippen LogP contribution in [0.2, 0.25) is 0 Å². The van der Waals surface area contributed by atoms with Crippen LogP contribution in [0.3, 0.4) is 0 Å². The van der Waals surface area contributed by atoms with Crippen molar-refractivity contribution in [3.63, 3.8) is 0 Å². The summed E-state index contributed by atoms with van der Waals surface area (Å²) >= 11 is 0. The normalized spacial score (nSPS) is 18.1. The number of hydrogen-bond donors (Lipinski definition) is 1. The predicted molar refractivity (Wildman–Crippen MR) is 73.2 cm³/mol. The smallest absolute Gasteiger partial charge is 0.0933 e. The average molecular weight is 249 g/mol. The molecule has 1 aromatic rings. The quantitative estimate of drug-likeness (QED) is 0.600. The van der Waals surface area contributed by atoms with E-state index in [0.717, 1.165) is 26.2 Å². The van der Waals surface area contributed by atoms with Gasteiger partial charge < -0.3 is 4.90 Å². The van der Waals surface area contributed by atoms with Gasteiger partial charge in [0, 0.05) is 39.3 Å². The third kappa shape index (κ3) is 4.74. The molecule has 1 fully saturated rings. The Morgan fingerprint density at radius 3 is 2.56 bits per heavy atom. The zero-order chi connectivity index (χ0) is 12.6. The third-order valence-electron chi connectivity index (χ3n) is 3.31. The highest BCUT2D eigenvalue weighted by atomic mass is 16.6. The molecule has 0 spiro atoms. The highest BCUT2D eigenvalue weighted by molar-refractivity contribution is 5.13. The van der Waals surface area contributed by atoms with Crippen molar-refractivity contribution in [3.8, 4) is 0 Å². The van der Waals surface area contributed by atoms with E-state index in [-0.39, 0.29) is 0 Å². The van der Waals surface area contributed by atoms with E-state index in [2.05, 4.69) is 34.5 Å². The first-order valence-corrected chi connectivity index (χ1v) is 6.64. The molecule has 0 bridgehead atoms. The summed E-state index contributed by atoms with van der Waals surface area (Å²) < 4.78 is 0. The number of likely N-dealkylation sites (N-methyl/N-ethyl adjacent to an activating group) is 1. The van der Waals surface area contributed by atoms with Crippen LogP contribution in [0.1, 0.15) is 5.56 Å². The maximum atomic E-state index is 5.44. The Morgan fingerprint density at radius 2 is 1.83 bits per heavy atom. The van der Waals surface area contributed by atoms with Crippen LogP contribution in [-0.4, -0.2) is 56.1 Å². The average Bonchev–Trinajstić information content (AvgIpc) is 2.42. The van der Waals surface area contributed by atoms with Gasteiger partial charge in [0.05, 0.1) is 6.61 Å². The van der Waals surface area contributed by atoms with Crippen LogP contribution in [0.4, 0.5) is 0 Å². The second kappa shape index (κ2) is 7.48. The maximum absolute atomic E-state index is 5.44. The number of piperazine rings is 1. The fourth-order valence-corrected chi connectivity index (χ4v) is 2.06. The molecule has 1 saturated heterocycles. The van der Waals surface area contributed by atoms with Crippen molar-refractivity contribution in [2.75, 3.05) is 46.3 Å². The number of rotatable bonds is 6. The second-order valence-electron chi connectivity index (χ2n) is 4.81. The van der Waals surface area contributed by atoms with Gasteiger partial charge in [-0.25, -0.2) is 5.48 Å². The van der Waals surface area contributed by atoms with Crippen LogP contribution in [0.25, 0.3) is 0 Å². The lowest BCUT2D eigenvalue weighted by atomic mass is 10.2. The molecule has 1 N–H and O–H groups in total. The van der Waals surface area contributed by atoms with Gasteiger partial charge in [-0.2, -0.15) is 0 Å². The maximum Gasteiger partial charge on any atom is 0.0933 e. The molecule has 1 aliphatic heterocycles. The van der Waals surface area contributed by atoms with Gasteiger partial charge in [0.1, 0.15) is 0 Å². The van der Waals surface area contributed by atoms with Crippen molar-refractivity contribution < 1.29 is 4.84 Å². The van der Waals surface area contributed by atoms with E-state index in [1.165, 1.54) is 18.7 Å². The Kier molecular flexibility index (Phi) is 5.61. The summed E-state index contributed by atoms with van der Waals surface area (Å²) in [5.41, 5.74) is 4.24. The molecule has 0 unspecified atom stereocenters. The molecule has 0 atom stereocenters. The van der Waals surface area contributed by atoms with E-state index in [9.17, 15) is 0 Å². The van der Waals surface area contributed by atoms with E-state index >= 15 is 0 Å². The van der Waals surface area contributed by atoms with Gasteiger partial charge in [0.2, 0.25) is 0 Å². The van der Waals surface area contributed by atoms with Crippen molar-refractivity contribution >= 4 is 0 Å². The Balaban J connectivity index is 1.51. The SMILES string of the molecule is CN1CCN(CCNOCc2ccccc2)CC1. The highest BCUT2D eigenvalue weighted by Crippen LogP contribution is 1.99. The molecule has 100 valence electrons. The van der Waals surface area contributed by atoms with E-state index in [1.54, 1.807) is 0 Å². The highest BCUT2D eigenvalue weighted by Gasteiger charge is 2.12. The monoisotopic (exact) mass is 249 g/mol. The Hall–Kier alpha value is -0.940. The number of benzene rings is 1. The minimum Gasteiger partial charge on any atom is -0.304 e. The fourth-order valence-electron chi connectivity index (χ4n) is 2.06. The van der Waals surface area contributed by atoms with Crippen LogP contribution in [-0.2, 0) is 11.4 Å². The standard InChI is InChI=1S/C14H23N3O/c1-16-9-11-17(12-10-16)8-7-15-18-13-14-5-3-2-4-6-14/h2-6,15H,7-13H2,1H3. The molecule has 0 amide bonds. The van der Waals surface area contributed by atoms with Crippen LogP contribution in [0.15, 0.2) is 30.3 Å². The van der Waals surface area contributed by atoms with Gasteiger partial charge in [-0.1, -0.05) is 30.3 Å². The molecule has 0 aromatic heterocycles. The van der Waals surface area contributed by atoms with E-state index < -0.39 is 0 Å². The summed E-state index contributed by atoms with van der Waals surface area (Å²) in [5.74, 6) is 0. The molecule has 4 heteroatoms. The van der Waals surface area contributed by atoms with Gasteiger partial charge in [-0.05, 0) is 12.6 Å². The summed E-state index contributed by atoms with van der Waals surface area (Å²) in [6, 6.07) is 10.2. The summed E-state index contributed by atoms with van der Waals surface area (Å²) in [6.07, 6.45) is 0. The molecule has 0 aliphatic carbocycles. The Labute approximate surface area is 109 Å². The minimum atomic E-state index is 0.629. The van der Waals surface area contributed by atoms with Crippen molar-refractivity contribution in [2.24, 2.45) is 0 Å².